The molecule has 1 aliphatic rings. The Morgan fingerprint density at radius 1 is 1.67 bits per heavy atom. The van der Waals surface area contributed by atoms with Crippen LogP contribution >= 0.6 is 11.6 Å². The van der Waals surface area contributed by atoms with E-state index in [0.29, 0.717) is 11.8 Å². The second-order valence-corrected chi connectivity index (χ2v) is 4.70. The van der Waals surface area contributed by atoms with Crippen LogP contribution in [0.2, 0.25) is 5.15 Å². The van der Waals surface area contributed by atoms with Crippen molar-refractivity contribution in [2.75, 3.05) is 12.4 Å². The van der Waals surface area contributed by atoms with Crippen molar-refractivity contribution in [1.29, 1.82) is 0 Å². The summed E-state index contributed by atoms with van der Waals surface area (Å²) < 4.78 is 4.94. The number of methoxy groups -OCH3 is 1. The molecule has 3 N–H and O–H groups in total. The molecule has 1 atom stereocenters. The van der Waals surface area contributed by atoms with Crippen LogP contribution in [-0.4, -0.2) is 29.0 Å². The maximum atomic E-state index is 11.7. The third-order valence-corrected chi connectivity index (χ3v) is 2.97. The number of ether oxygens (including phenoxy) is 1. The Labute approximate surface area is 110 Å². The number of carbonyl (C=O) groups excluding carboxylic acids is 1. The molecule has 1 aliphatic carbocycles. The third-order valence-electron chi connectivity index (χ3n) is 2.78. The van der Waals surface area contributed by atoms with E-state index in [4.69, 9.17) is 22.1 Å². The number of amides is 1. The normalized spacial score (nSPS) is 16.2. The number of halogens is 1. The molecular formula is C11H15ClN4O2. The lowest BCUT2D eigenvalue weighted by Gasteiger charge is -2.10. The molecule has 1 unspecified atom stereocenters. The van der Waals surface area contributed by atoms with E-state index in [0.717, 1.165) is 12.8 Å². The summed E-state index contributed by atoms with van der Waals surface area (Å²) in [7, 11) is 1.47. The lowest BCUT2D eigenvalue weighted by molar-refractivity contribution is -0.116. The molecule has 0 aliphatic heterocycles. The summed E-state index contributed by atoms with van der Waals surface area (Å²) in [5, 5.41) is 2.78. The minimum Gasteiger partial charge on any atom is -0.481 e. The average Bonchev–Trinajstić information content (AvgIpc) is 3.11. The first kappa shape index (κ1) is 13.0. The average molecular weight is 271 g/mol. The smallest absolute Gasteiger partial charge is 0.234 e. The molecule has 1 amide bonds. The molecule has 1 aromatic heterocycles. The second-order valence-electron chi connectivity index (χ2n) is 4.31. The summed E-state index contributed by atoms with van der Waals surface area (Å²) >= 11 is 5.77. The van der Waals surface area contributed by atoms with Gasteiger partial charge in [-0.2, -0.15) is 4.98 Å². The van der Waals surface area contributed by atoms with E-state index in [1.807, 2.05) is 0 Å². The van der Waals surface area contributed by atoms with Crippen molar-refractivity contribution in [2.24, 2.45) is 11.7 Å². The first-order valence-corrected chi connectivity index (χ1v) is 6.10. The number of nitrogens with zero attached hydrogens (tertiary/aromatic N) is 2. The summed E-state index contributed by atoms with van der Waals surface area (Å²) in [6.07, 6.45) is 2.48. The van der Waals surface area contributed by atoms with E-state index in [2.05, 4.69) is 15.3 Å². The molecule has 0 saturated heterocycles. The monoisotopic (exact) mass is 270 g/mol. The van der Waals surface area contributed by atoms with Gasteiger partial charge in [0.15, 0.2) is 0 Å². The number of carbonyl (C=O) groups is 1. The van der Waals surface area contributed by atoms with Crippen LogP contribution in [0.3, 0.4) is 0 Å². The summed E-state index contributed by atoms with van der Waals surface area (Å²) in [4.78, 5) is 19.6. The molecule has 18 heavy (non-hydrogen) atoms. The van der Waals surface area contributed by atoms with Crippen molar-refractivity contribution in [3.63, 3.8) is 0 Å². The molecule has 7 heteroatoms. The number of aromatic nitrogens is 2. The number of nitrogens with one attached hydrogen (secondary N) is 1. The van der Waals surface area contributed by atoms with Crippen LogP contribution in [-0.2, 0) is 4.79 Å². The summed E-state index contributed by atoms with van der Waals surface area (Å²) in [6, 6.07) is 1.37. The maximum absolute atomic E-state index is 11.7. The van der Waals surface area contributed by atoms with Crippen LogP contribution in [0.25, 0.3) is 0 Å². The molecule has 1 saturated carbocycles. The lowest BCUT2D eigenvalue weighted by atomic mass is 10.1. The maximum Gasteiger partial charge on any atom is 0.234 e. The number of nitrogens with two attached hydrogens (primary N) is 1. The van der Waals surface area contributed by atoms with E-state index in [-0.39, 0.29) is 29.5 Å². The van der Waals surface area contributed by atoms with E-state index in [1.54, 1.807) is 0 Å². The van der Waals surface area contributed by atoms with Gasteiger partial charge in [0.05, 0.1) is 7.11 Å². The van der Waals surface area contributed by atoms with Crippen LogP contribution in [0.15, 0.2) is 6.07 Å². The Morgan fingerprint density at radius 3 is 3.00 bits per heavy atom. The first-order valence-electron chi connectivity index (χ1n) is 5.72. The van der Waals surface area contributed by atoms with E-state index in [1.165, 1.54) is 13.2 Å². The molecule has 0 spiro atoms. The molecule has 1 fully saturated rings. The van der Waals surface area contributed by atoms with Crippen LogP contribution in [0.4, 0.5) is 5.95 Å². The minimum absolute atomic E-state index is 0.0916. The Bertz CT molecular complexity index is 451. The highest BCUT2D eigenvalue weighted by Gasteiger charge is 2.29. The first-order chi connectivity index (χ1) is 8.58. The number of hydrogen-bond donors (Lipinski definition) is 2. The molecule has 98 valence electrons. The van der Waals surface area contributed by atoms with Gasteiger partial charge in [0, 0.05) is 18.5 Å². The van der Waals surface area contributed by atoms with Crippen LogP contribution in [0, 0.1) is 5.92 Å². The predicted octanol–water partition coefficient (Wildman–Crippen LogP) is 1.20. The molecule has 2 rings (SSSR count). The molecule has 1 heterocycles. The quantitative estimate of drug-likeness (QED) is 0.785. The fraction of sp³-hybridized carbons (Fsp3) is 0.545. The van der Waals surface area contributed by atoms with Gasteiger partial charge < -0.3 is 10.5 Å². The summed E-state index contributed by atoms with van der Waals surface area (Å²) in [5.41, 5.74) is 5.87. The molecule has 0 radical (unpaired) electrons. The van der Waals surface area contributed by atoms with Crippen LogP contribution in [0.5, 0.6) is 5.88 Å². The van der Waals surface area contributed by atoms with Gasteiger partial charge in [0.25, 0.3) is 0 Å². The zero-order chi connectivity index (χ0) is 13.1. The molecule has 0 bridgehead atoms. The Morgan fingerprint density at radius 2 is 2.39 bits per heavy atom. The van der Waals surface area contributed by atoms with Crippen LogP contribution in [0.1, 0.15) is 19.3 Å². The van der Waals surface area contributed by atoms with E-state index < -0.39 is 0 Å². The van der Waals surface area contributed by atoms with Gasteiger partial charge in [0.2, 0.25) is 17.7 Å². The van der Waals surface area contributed by atoms with Gasteiger partial charge in [-0.3, -0.25) is 10.1 Å². The highest BCUT2D eigenvalue weighted by molar-refractivity contribution is 6.29. The fourth-order valence-corrected chi connectivity index (χ4v) is 1.81. The molecular weight excluding hydrogens is 256 g/mol. The largest absolute Gasteiger partial charge is 0.481 e. The highest BCUT2D eigenvalue weighted by Crippen LogP contribution is 2.32. The Hall–Kier alpha value is -1.40. The van der Waals surface area contributed by atoms with Crippen molar-refractivity contribution in [3.8, 4) is 5.88 Å². The van der Waals surface area contributed by atoms with Crippen molar-refractivity contribution < 1.29 is 9.53 Å². The number of rotatable bonds is 5. The third kappa shape index (κ3) is 3.54. The SMILES string of the molecule is COc1cc(Cl)nc(NC(=O)CC(N)C2CC2)n1. The molecule has 0 aromatic carbocycles. The van der Waals surface area contributed by atoms with Gasteiger partial charge >= 0.3 is 0 Å². The van der Waals surface area contributed by atoms with Crippen molar-refractivity contribution in [1.82, 2.24) is 9.97 Å². The summed E-state index contributed by atoms with van der Waals surface area (Å²) in [5.74, 6) is 0.702. The van der Waals surface area contributed by atoms with Crippen molar-refractivity contribution >= 4 is 23.5 Å². The van der Waals surface area contributed by atoms with Gasteiger partial charge in [-0.15, -0.1) is 0 Å². The Kier molecular flexibility index (Phi) is 3.98. The van der Waals surface area contributed by atoms with Gasteiger partial charge in [0.1, 0.15) is 5.15 Å². The number of hydrogen-bond acceptors (Lipinski definition) is 5. The minimum atomic E-state index is -0.210. The second kappa shape index (κ2) is 5.49. The summed E-state index contributed by atoms with van der Waals surface area (Å²) in [6.45, 7) is 0. The standard InChI is InChI=1S/C11H15ClN4O2/c1-18-10-5-8(12)14-11(16-10)15-9(17)4-7(13)6-2-3-6/h5-7H,2-4,13H2,1H3,(H,14,15,16,17). The van der Waals surface area contributed by atoms with Gasteiger partial charge in [-0.05, 0) is 18.8 Å². The van der Waals surface area contributed by atoms with Crippen LogP contribution < -0.4 is 15.8 Å². The topological polar surface area (TPSA) is 90.1 Å². The number of anilines is 1. The van der Waals surface area contributed by atoms with E-state index in [9.17, 15) is 4.79 Å². The van der Waals surface area contributed by atoms with Gasteiger partial charge in [-0.25, -0.2) is 4.98 Å². The van der Waals surface area contributed by atoms with Crippen molar-refractivity contribution in [2.45, 2.75) is 25.3 Å². The fourth-order valence-electron chi connectivity index (χ4n) is 1.64. The van der Waals surface area contributed by atoms with Crippen molar-refractivity contribution in [3.05, 3.63) is 11.2 Å². The van der Waals surface area contributed by atoms with Gasteiger partial charge in [-0.1, -0.05) is 11.6 Å². The lowest BCUT2D eigenvalue weighted by Crippen LogP contribution is -2.29. The zero-order valence-corrected chi connectivity index (χ0v) is 10.8. The Balaban J connectivity index is 1.95. The molecule has 1 aromatic rings. The predicted molar refractivity (Wildman–Crippen MR) is 67.5 cm³/mol. The highest BCUT2D eigenvalue weighted by atomic mass is 35.5. The van der Waals surface area contributed by atoms with E-state index >= 15 is 0 Å². The zero-order valence-electron chi connectivity index (χ0n) is 10.0. The molecule has 6 nitrogen and oxygen atoms in total.